The van der Waals surface area contributed by atoms with Crippen molar-refractivity contribution in [1.82, 2.24) is 15.5 Å². The molecule has 166 valence electrons. The van der Waals surface area contributed by atoms with Crippen molar-refractivity contribution in [2.24, 2.45) is 11.5 Å². The van der Waals surface area contributed by atoms with E-state index in [-0.39, 0.29) is 13.0 Å². The minimum Gasteiger partial charge on any atom is -0.480 e. The molecule has 12 heteroatoms. The Morgan fingerprint density at radius 3 is 2.24 bits per heavy atom. The zero-order chi connectivity index (χ0) is 22.0. The Balaban J connectivity index is 2.87. The van der Waals surface area contributed by atoms with Crippen molar-refractivity contribution in [2.75, 3.05) is 26.3 Å². The molecule has 4 atom stereocenters. The Labute approximate surface area is 168 Å². The summed E-state index contributed by atoms with van der Waals surface area (Å²) in [6.07, 6.45) is 2.23. The van der Waals surface area contributed by atoms with E-state index in [1.54, 1.807) is 0 Å². The van der Waals surface area contributed by atoms with Crippen LogP contribution in [-0.4, -0.2) is 94.4 Å². The summed E-state index contributed by atoms with van der Waals surface area (Å²) in [5.41, 5.74) is 10.8. The van der Waals surface area contributed by atoms with Crippen LogP contribution in [0.1, 0.15) is 32.1 Å². The molecule has 1 aliphatic heterocycles. The minimum atomic E-state index is -1.38. The monoisotopic (exact) mass is 417 g/mol. The predicted octanol–water partition coefficient (Wildman–Crippen LogP) is -3.53. The van der Waals surface area contributed by atoms with Crippen LogP contribution in [0.15, 0.2) is 0 Å². The summed E-state index contributed by atoms with van der Waals surface area (Å²) in [6, 6.07) is -4.61. The fourth-order valence-corrected chi connectivity index (χ4v) is 3.07. The number of carboxylic acid groups (broad SMARTS) is 1. The first-order valence-electron chi connectivity index (χ1n) is 9.58. The van der Waals surface area contributed by atoms with Crippen LogP contribution in [0.3, 0.4) is 0 Å². The second-order valence-electron chi connectivity index (χ2n) is 6.91. The molecule has 0 bridgehead atoms. The number of aliphatic hydroxyl groups is 2. The molecule has 0 aromatic heterocycles. The quantitative estimate of drug-likeness (QED) is 0.157. The molecule has 0 saturated carbocycles. The Kier molecular flexibility index (Phi) is 10.5. The van der Waals surface area contributed by atoms with Crippen molar-refractivity contribution >= 4 is 23.7 Å². The van der Waals surface area contributed by atoms with Gasteiger partial charge in [0.2, 0.25) is 17.7 Å². The highest BCUT2D eigenvalue weighted by Crippen LogP contribution is 2.19. The number of aliphatic hydroxyl groups excluding tert-OH is 2. The number of carboxylic acids is 1. The largest absolute Gasteiger partial charge is 0.480 e. The number of carbonyl (C=O) groups excluding carboxylic acids is 3. The molecule has 9 N–H and O–H groups in total. The molecular weight excluding hydrogens is 386 g/mol. The van der Waals surface area contributed by atoms with Gasteiger partial charge >= 0.3 is 5.97 Å². The first kappa shape index (κ1) is 24.8. The summed E-state index contributed by atoms with van der Waals surface area (Å²) >= 11 is 0. The third kappa shape index (κ3) is 7.24. The van der Waals surface area contributed by atoms with E-state index in [0.717, 1.165) is 0 Å². The summed E-state index contributed by atoms with van der Waals surface area (Å²) in [4.78, 5) is 49.8. The number of likely N-dealkylation sites (tertiary alicyclic amines) is 1. The van der Waals surface area contributed by atoms with Gasteiger partial charge in [0.15, 0.2) is 0 Å². The van der Waals surface area contributed by atoms with Gasteiger partial charge < -0.3 is 42.3 Å². The number of carbonyl (C=O) groups is 4. The molecule has 0 spiro atoms. The number of amides is 3. The lowest BCUT2D eigenvalue weighted by molar-refractivity contribution is -0.149. The Hall–Kier alpha value is -2.28. The van der Waals surface area contributed by atoms with Gasteiger partial charge in [-0.3, -0.25) is 14.4 Å². The highest BCUT2D eigenvalue weighted by atomic mass is 16.4. The molecule has 1 rings (SSSR count). The van der Waals surface area contributed by atoms with E-state index in [2.05, 4.69) is 10.6 Å². The van der Waals surface area contributed by atoms with Crippen molar-refractivity contribution in [3.63, 3.8) is 0 Å². The molecule has 1 saturated heterocycles. The molecule has 0 aromatic carbocycles. The number of aliphatic carboxylic acids is 1. The van der Waals surface area contributed by atoms with Crippen LogP contribution in [0.4, 0.5) is 0 Å². The third-order valence-corrected chi connectivity index (χ3v) is 4.73. The standard InChI is InChI=1S/C17H31N5O7/c18-6-2-1-4-11(16(27)22-7-3-5-13(22)17(28)29)20-15(26)12(9-24)21-14(25)10(19)8-23/h10-13,23-24H,1-9,18-19H2,(H,20,26)(H,21,25)(H,28,29). The van der Waals surface area contributed by atoms with Gasteiger partial charge in [0.25, 0.3) is 0 Å². The average molecular weight is 417 g/mol. The van der Waals surface area contributed by atoms with Crippen molar-refractivity contribution in [3.05, 3.63) is 0 Å². The first-order valence-corrected chi connectivity index (χ1v) is 9.58. The minimum absolute atomic E-state index is 0.229. The van der Waals surface area contributed by atoms with Crippen molar-refractivity contribution < 1.29 is 34.5 Å². The summed E-state index contributed by atoms with van der Waals surface area (Å²) in [5, 5.41) is 32.3. The average Bonchev–Trinajstić information content (AvgIpc) is 3.20. The maximum absolute atomic E-state index is 12.9. The van der Waals surface area contributed by atoms with Crippen molar-refractivity contribution in [2.45, 2.75) is 56.3 Å². The van der Waals surface area contributed by atoms with E-state index in [1.165, 1.54) is 4.90 Å². The van der Waals surface area contributed by atoms with Crippen LogP contribution in [0, 0.1) is 0 Å². The number of hydrogen-bond donors (Lipinski definition) is 7. The van der Waals surface area contributed by atoms with Gasteiger partial charge in [-0.1, -0.05) is 0 Å². The molecule has 29 heavy (non-hydrogen) atoms. The highest BCUT2D eigenvalue weighted by Gasteiger charge is 2.38. The first-order chi connectivity index (χ1) is 13.8. The fourth-order valence-electron chi connectivity index (χ4n) is 3.07. The SMILES string of the molecule is NCCCCC(NC(=O)C(CO)NC(=O)C(N)CO)C(=O)N1CCCC1C(=O)O. The second kappa shape index (κ2) is 12.3. The zero-order valence-corrected chi connectivity index (χ0v) is 16.2. The van der Waals surface area contributed by atoms with Gasteiger partial charge in [-0.25, -0.2) is 4.79 Å². The van der Waals surface area contributed by atoms with Crippen LogP contribution < -0.4 is 22.1 Å². The van der Waals surface area contributed by atoms with Gasteiger partial charge in [-0.2, -0.15) is 0 Å². The fraction of sp³-hybridized carbons (Fsp3) is 0.765. The smallest absolute Gasteiger partial charge is 0.326 e. The highest BCUT2D eigenvalue weighted by molar-refractivity contribution is 5.94. The number of nitrogens with zero attached hydrogens (tertiary/aromatic N) is 1. The van der Waals surface area contributed by atoms with Crippen LogP contribution in [0.5, 0.6) is 0 Å². The van der Waals surface area contributed by atoms with Crippen LogP contribution in [0.2, 0.25) is 0 Å². The second-order valence-corrected chi connectivity index (χ2v) is 6.91. The van der Waals surface area contributed by atoms with E-state index in [0.29, 0.717) is 32.2 Å². The number of unbranched alkanes of at least 4 members (excludes halogenated alkanes) is 1. The molecule has 0 aromatic rings. The summed E-state index contributed by atoms with van der Waals surface area (Å²) in [7, 11) is 0. The summed E-state index contributed by atoms with van der Waals surface area (Å²) in [6.45, 7) is -0.729. The van der Waals surface area contributed by atoms with E-state index in [9.17, 15) is 29.4 Å². The Bertz CT molecular complexity index is 589. The Morgan fingerprint density at radius 1 is 1.03 bits per heavy atom. The molecule has 3 amide bonds. The van der Waals surface area contributed by atoms with Crippen LogP contribution in [0.25, 0.3) is 0 Å². The van der Waals surface area contributed by atoms with Gasteiger partial charge in [0.05, 0.1) is 13.2 Å². The maximum atomic E-state index is 12.9. The van der Waals surface area contributed by atoms with E-state index >= 15 is 0 Å². The van der Waals surface area contributed by atoms with E-state index < -0.39 is 61.1 Å². The Morgan fingerprint density at radius 2 is 1.69 bits per heavy atom. The lowest BCUT2D eigenvalue weighted by atomic mass is 10.1. The van der Waals surface area contributed by atoms with Crippen molar-refractivity contribution in [3.8, 4) is 0 Å². The van der Waals surface area contributed by atoms with Gasteiger partial charge in [-0.05, 0) is 38.6 Å². The van der Waals surface area contributed by atoms with Crippen molar-refractivity contribution in [1.29, 1.82) is 0 Å². The zero-order valence-electron chi connectivity index (χ0n) is 16.2. The van der Waals surface area contributed by atoms with Crippen LogP contribution >= 0.6 is 0 Å². The molecule has 0 radical (unpaired) electrons. The third-order valence-electron chi connectivity index (χ3n) is 4.73. The van der Waals surface area contributed by atoms with E-state index in [1.807, 2.05) is 0 Å². The molecule has 4 unspecified atom stereocenters. The lowest BCUT2D eigenvalue weighted by Gasteiger charge is -2.28. The predicted molar refractivity (Wildman–Crippen MR) is 101 cm³/mol. The summed E-state index contributed by atoms with van der Waals surface area (Å²) < 4.78 is 0. The molecule has 0 aliphatic carbocycles. The molecule has 12 nitrogen and oxygen atoms in total. The molecular formula is C17H31N5O7. The molecule has 1 heterocycles. The van der Waals surface area contributed by atoms with E-state index in [4.69, 9.17) is 16.6 Å². The maximum Gasteiger partial charge on any atom is 0.326 e. The molecule has 1 aliphatic rings. The number of hydrogen-bond acceptors (Lipinski definition) is 8. The summed E-state index contributed by atoms with van der Waals surface area (Å²) in [5.74, 6) is -3.29. The van der Waals surface area contributed by atoms with Gasteiger partial charge in [-0.15, -0.1) is 0 Å². The van der Waals surface area contributed by atoms with Gasteiger partial charge in [0, 0.05) is 6.54 Å². The number of nitrogens with one attached hydrogen (secondary N) is 2. The number of rotatable bonds is 12. The van der Waals surface area contributed by atoms with Crippen LogP contribution in [-0.2, 0) is 19.2 Å². The topological polar surface area (TPSA) is 208 Å². The number of nitrogens with two attached hydrogens (primary N) is 2. The van der Waals surface area contributed by atoms with Gasteiger partial charge in [0.1, 0.15) is 24.2 Å². The molecule has 1 fully saturated rings. The normalized spacial score (nSPS) is 19.3. The lowest BCUT2D eigenvalue weighted by Crippen LogP contribution is -2.58.